The van der Waals surface area contributed by atoms with Gasteiger partial charge in [0.2, 0.25) is 5.88 Å². The van der Waals surface area contributed by atoms with Gasteiger partial charge in [-0.2, -0.15) is 4.98 Å². The summed E-state index contributed by atoms with van der Waals surface area (Å²) in [5.74, 6) is 0.0221. The van der Waals surface area contributed by atoms with Gasteiger partial charge < -0.3 is 14.6 Å². The fourth-order valence-corrected chi connectivity index (χ4v) is 1.55. The van der Waals surface area contributed by atoms with Gasteiger partial charge in [0, 0.05) is 11.8 Å². The van der Waals surface area contributed by atoms with Gasteiger partial charge in [0.1, 0.15) is 11.3 Å². The van der Waals surface area contributed by atoms with Crippen molar-refractivity contribution < 1.29 is 19.4 Å². The third-order valence-electron chi connectivity index (χ3n) is 2.53. The van der Waals surface area contributed by atoms with Crippen molar-refractivity contribution in [3.63, 3.8) is 0 Å². The first-order valence-corrected chi connectivity index (χ1v) is 5.44. The number of hydrogen-bond acceptors (Lipinski definition) is 5. The maximum absolute atomic E-state index is 10.9. The summed E-state index contributed by atoms with van der Waals surface area (Å²) in [4.78, 5) is 19.0. The zero-order valence-corrected chi connectivity index (χ0v) is 10.5. The van der Waals surface area contributed by atoms with Crippen LogP contribution in [0.1, 0.15) is 10.4 Å². The van der Waals surface area contributed by atoms with Crippen molar-refractivity contribution in [1.29, 1.82) is 0 Å². The Bertz CT molecular complexity index is 596. The summed E-state index contributed by atoms with van der Waals surface area (Å²) in [6, 6.07) is 7.12. The summed E-state index contributed by atoms with van der Waals surface area (Å²) in [6.07, 6.45) is 1.23. The summed E-state index contributed by atoms with van der Waals surface area (Å²) >= 11 is 0. The minimum absolute atomic E-state index is 0.0355. The van der Waals surface area contributed by atoms with Gasteiger partial charge in [-0.25, -0.2) is 9.78 Å². The van der Waals surface area contributed by atoms with E-state index in [2.05, 4.69) is 9.97 Å². The number of carbonyl (C=O) groups is 1. The molecule has 0 unspecified atom stereocenters. The van der Waals surface area contributed by atoms with E-state index in [9.17, 15) is 4.79 Å². The zero-order valence-electron chi connectivity index (χ0n) is 10.5. The molecule has 0 saturated heterocycles. The van der Waals surface area contributed by atoms with E-state index in [1.165, 1.54) is 13.3 Å². The number of hydrogen-bond donors (Lipinski definition) is 1. The predicted molar refractivity (Wildman–Crippen MR) is 67.5 cm³/mol. The fourth-order valence-electron chi connectivity index (χ4n) is 1.55. The lowest BCUT2D eigenvalue weighted by molar-refractivity contribution is 0.0692. The summed E-state index contributed by atoms with van der Waals surface area (Å²) in [6.45, 7) is 0. The molecule has 0 aliphatic rings. The van der Waals surface area contributed by atoms with Crippen molar-refractivity contribution in [3.8, 4) is 23.0 Å². The van der Waals surface area contributed by atoms with Gasteiger partial charge in [-0.3, -0.25) is 0 Å². The number of nitrogens with zero attached hydrogens (tertiary/aromatic N) is 2. The zero-order chi connectivity index (χ0) is 13.8. The molecule has 0 atom stereocenters. The molecule has 6 heteroatoms. The smallest absolute Gasteiger partial charge is 0.342 e. The molecule has 0 bridgehead atoms. The van der Waals surface area contributed by atoms with Crippen molar-refractivity contribution in [2.75, 3.05) is 14.2 Å². The molecule has 98 valence electrons. The van der Waals surface area contributed by atoms with Gasteiger partial charge in [0.15, 0.2) is 5.82 Å². The molecule has 0 radical (unpaired) electrons. The van der Waals surface area contributed by atoms with E-state index in [0.717, 1.165) is 11.3 Å². The van der Waals surface area contributed by atoms with E-state index in [-0.39, 0.29) is 11.4 Å². The van der Waals surface area contributed by atoms with Crippen LogP contribution in [0.3, 0.4) is 0 Å². The minimum atomic E-state index is -1.13. The van der Waals surface area contributed by atoms with Crippen molar-refractivity contribution >= 4 is 5.97 Å². The molecule has 19 heavy (non-hydrogen) atoms. The average molecular weight is 260 g/mol. The number of aromatic carboxylic acids is 1. The lowest BCUT2D eigenvalue weighted by Gasteiger charge is -2.06. The second kappa shape index (κ2) is 5.34. The van der Waals surface area contributed by atoms with Gasteiger partial charge in [0.25, 0.3) is 0 Å². The van der Waals surface area contributed by atoms with E-state index in [1.54, 1.807) is 31.4 Å². The van der Waals surface area contributed by atoms with Crippen molar-refractivity contribution in [3.05, 3.63) is 36.0 Å². The SMILES string of the molecule is COc1ccc(-c2ncc(C(=O)O)c(OC)n2)cc1. The maximum Gasteiger partial charge on any atom is 0.342 e. The molecule has 0 amide bonds. The lowest BCUT2D eigenvalue weighted by Crippen LogP contribution is -2.04. The Kier molecular flexibility index (Phi) is 3.61. The Balaban J connectivity index is 2.42. The molecular formula is C13H12N2O4. The van der Waals surface area contributed by atoms with Gasteiger partial charge >= 0.3 is 5.97 Å². The van der Waals surface area contributed by atoms with Crippen LogP contribution in [0.25, 0.3) is 11.4 Å². The molecule has 1 aromatic carbocycles. The van der Waals surface area contributed by atoms with Crippen molar-refractivity contribution in [2.24, 2.45) is 0 Å². The predicted octanol–water partition coefficient (Wildman–Crippen LogP) is 1.86. The fraction of sp³-hybridized carbons (Fsp3) is 0.154. The molecular weight excluding hydrogens is 248 g/mol. The molecule has 1 heterocycles. The highest BCUT2D eigenvalue weighted by atomic mass is 16.5. The number of benzene rings is 1. The summed E-state index contributed by atoms with van der Waals surface area (Å²) in [7, 11) is 2.95. The van der Waals surface area contributed by atoms with Crippen molar-refractivity contribution in [2.45, 2.75) is 0 Å². The monoisotopic (exact) mass is 260 g/mol. The van der Waals surface area contributed by atoms with E-state index in [0.29, 0.717) is 5.82 Å². The Morgan fingerprint density at radius 2 is 1.84 bits per heavy atom. The molecule has 1 N–H and O–H groups in total. The van der Waals surface area contributed by atoms with Crippen LogP contribution in [0.15, 0.2) is 30.5 Å². The van der Waals surface area contributed by atoms with Gasteiger partial charge in [-0.15, -0.1) is 0 Å². The first-order valence-electron chi connectivity index (χ1n) is 5.44. The summed E-state index contributed by atoms with van der Waals surface area (Å²) < 4.78 is 10.0. The summed E-state index contributed by atoms with van der Waals surface area (Å²) in [5.41, 5.74) is 0.677. The van der Waals surface area contributed by atoms with Crippen LogP contribution in [-0.4, -0.2) is 35.3 Å². The Hall–Kier alpha value is -2.63. The van der Waals surface area contributed by atoms with Crippen LogP contribution in [0, 0.1) is 0 Å². The van der Waals surface area contributed by atoms with Gasteiger partial charge in [0.05, 0.1) is 14.2 Å². The van der Waals surface area contributed by atoms with E-state index in [1.807, 2.05) is 0 Å². The van der Waals surface area contributed by atoms with Gasteiger partial charge in [-0.1, -0.05) is 0 Å². The van der Waals surface area contributed by atoms with Crippen LogP contribution in [0.2, 0.25) is 0 Å². The second-order valence-electron chi connectivity index (χ2n) is 3.65. The quantitative estimate of drug-likeness (QED) is 0.903. The molecule has 0 fully saturated rings. The first-order chi connectivity index (χ1) is 9.15. The van der Waals surface area contributed by atoms with Crippen LogP contribution < -0.4 is 9.47 Å². The minimum Gasteiger partial charge on any atom is -0.497 e. The molecule has 2 aromatic rings. The number of aromatic nitrogens is 2. The van der Waals surface area contributed by atoms with Crippen LogP contribution in [0.5, 0.6) is 11.6 Å². The van der Waals surface area contributed by atoms with Crippen LogP contribution in [0.4, 0.5) is 0 Å². The standard InChI is InChI=1S/C13H12N2O4/c1-18-9-5-3-8(4-6-9)11-14-7-10(13(16)17)12(15-11)19-2/h3-7H,1-2H3,(H,16,17). The van der Waals surface area contributed by atoms with E-state index >= 15 is 0 Å². The average Bonchev–Trinajstić information content (AvgIpc) is 2.46. The number of methoxy groups -OCH3 is 2. The highest BCUT2D eigenvalue weighted by Gasteiger charge is 2.14. The molecule has 0 saturated carbocycles. The Morgan fingerprint density at radius 3 is 2.37 bits per heavy atom. The largest absolute Gasteiger partial charge is 0.497 e. The van der Waals surface area contributed by atoms with Crippen molar-refractivity contribution in [1.82, 2.24) is 9.97 Å². The summed E-state index contributed by atoms with van der Waals surface area (Å²) in [5, 5.41) is 8.95. The number of ether oxygens (including phenoxy) is 2. The maximum atomic E-state index is 10.9. The first kappa shape index (κ1) is 12.8. The molecule has 0 spiro atoms. The number of carboxylic acid groups (broad SMARTS) is 1. The molecule has 2 rings (SSSR count). The van der Waals surface area contributed by atoms with E-state index in [4.69, 9.17) is 14.6 Å². The normalized spacial score (nSPS) is 10.0. The number of rotatable bonds is 4. The third-order valence-corrected chi connectivity index (χ3v) is 2.53. The Labute approximate surface area is 109 Å². The van der Waals surface area contributed by atoms with Gasteiger partial charge in [-0.05, 0) is 24.3 Å². The molecule has 0 aliphatic carbocycles. The Morgan fingerprint density at radius 1 is 1.16 bits per heavy atom. The topological polar surface area (TPSA) is 81.5 Å². The molecule has 6 nitrogen and oxygen atoms in total. The molecule has 1 aromatic heterocycles. The van der Waals surface area contributed by atoms with E-state index < -0.39 is 5.97 Å². The third kappa shape index (κ3) is 2.62. The lowest BCUT2D eigenvalue weighted by atomic mass is 10.2. The number of carboxylic acids is 1. The second-order valence-corrected chi connectivity index (χ2v) is 3.65. The highest BCUT2D eigenvalue weighted by Crippen LogP contribution is 2.22. The highest BCUT2D eigenvalue weighted by molar-refractivity contribution is 5.90. The van der Waals surface area contributed by atoms with Crippen LogP contribution in [-0.2, 0) is 0 Å². The molecule has 0 aliphatic heterocycles. The van der Waals surface area contributed by atoms with Crippen LogP contribution >= 0.6 is 0 Å².